The smallest absolute Gasteiger partial charge is 0.294 e. The molecule has 5 rings (SSSR count). The predicted molar refractivity (Wildman–Crippen MR) is 133 cm³/mol. The summed E-state index contributed by atoms with van der Waals surface area (Å²) < 4.78 is 1.80. The third-order valence-corrected chi connectivity index (χ3v) is 7.00. The van der Waals surface area contributed by atoms with Crippen LogP contribution >= 0.6 is 11.3 Å². The second-order valence-electron chi connectivity index (χ2n) is 8.38. The fraction of sp³-hybridized carbons (Fsp3) is 0.269. The Balaban J connectivity index is 1.42. The minimum atomic E-state index is -0.158. The minimum absolute atomic E-state index is 0.0403. The van der Waals surface area contributed by atoms with Gasteiger partial charge in [-0.3, -0.25) is 14.2 Å². The summed E-state index contributed by atoms with van der Waals surface area (Å²) in [5, 5.41) is 5.07. The molecule has 6 nitrogen and oxygen atoms in total. The number of benzene rings is 2. The molecule has 1 amide bonds. The minimum Gasteiger partial charge on any atom is -0.351 e. The van der Waals surface area contributed by atoms with Gasteiger partial charge >= 0.3 is 0 Å². The van der Waals surface area contributed by atoms with Gasteiger partial charge in [-0.2, -0.15) is 0 Å². The van der Waals surface area contributed by atoms with E-state index in [2.05, 4.69) is 5.32 Å². The first-order valence-electron chi connectivity index (χ1n) is 11.3. The molecule has 2 aromatic heterocycles. The Bertz CT molecular complexity index is 1300. The highest BCUT2D eigenvalue weighted by Crippen LogP contribution is 2.22. The Hall–Kier alpha value is -3.45. The topological polar surface area (TPSA) is 67.2 Å². The van der Waals surface area contributed by atoms with Crippen molar-refractivity contribution in [1.82, 2.24) is 14.9 Å². The molecule has 0 radical (unpaired) electrons. The van der Waals surface area contributed by atoms with Crippen LogP contribution in [0.5, 0.6) is 0 Å². The highest BCUT2D eigenvalue weighted by atomic mass is 32.1. The molecule has 0 bridgehead atoms. The molecule has 0 spiro atoms. The highest BCUT2D eigenvalue weighted by Gasteiger charge is 2.28. The van der Waals surface area contributed by atoms with E-state index < -0.39 is 0 Å². The largest absolute Gasteiger partial charge is 0.351 e. The van der Waals surface area contributed by atoms with Crippen LogP contribution in [0.15, 0.2) is 76.9 Å². The molecule has 33 heavy (non-hydrogen) atoms. The van der Waals surface area contributed by atoms with Crippen LogP contribution in [0, 0.1) is 5.92 Å². The van der Waals surface area contributed by atoms with Crippen LogP contribution in [0.3, 0.4) is 0 Å². The fourth-order valence-corrected chi connectivity index (χ4v) is 5.07. The number of anilines is 1. The summed E-state index contributed by atoms with van der Waals surface area (Å²) in [6.45, 7) is 2.25. The molecule has 1 aliphatic rings. The molecule has 1 saturated heterocycles. The van der Waals surface area contributed by atoms with Gasteiger partial charge in [-0.25, -0.2) is 4.98 Å². The van der Waals surface area contributed by atoms with Crippen molar-refractivity contribution in [1.29, 1.82) is 0 Å². The molecule has 0 aliphatic carbocycles. The van der Waals surface area contributed by atoms with Gasteiger partial charge in [-0.1, -0.05) is 48.5 Å². The van der Waals surface area contributed by atoms with E-state index in [-0.39, 0.29) is 17.4 Å². The number of nitrogens with zero attached hydrogens (tertiary/aromatic N) is 3. The Kier molecular flexibility index (Phi) is 6.21. The maximum absolute atomic E-state index is 13.6. The highest BCUT2D eigenvalue weighted by molar-refractivity contribution is 7.09. The van der Waals surface area contributed by atoms with Crippen LogP contribution in [0.1, 0.15) is 23.3 Å². The molecule has 168 valence electrons. The molecule has 1 aliphatic heterocycles. The lowest BCUT2D eigenvalue weighted by Gasteiger charge is -2.32. The number of carbonyl (C=O) groups is 1. The molecule has 1 N–H and O–H groups in total. The molecule has 4 aromatic rings. The van der Waals surface area contributed by atoms with Crippen LogP contribution in [-0.4, -0.2) is 28.5 Å². The molecule has 0 unspecified atom stereocenters. The summed E-state index contributed by atoms with van der Waals surface area (Å²) in [6.07, 6.45) is 1.67. The van der Waals surface area contributed by atoms with Gasteiger partial charge in [0.15, 0.2) is 5.82 Å². The standard InChI is InChI=1S/C26H26N4O2S/c31-25(27-16-21-11-7-15-33-21)20-10-6-14-29(18-20)24-26(32)30(17-19-8-2-1-3-9-19)23-13-5-4-12-22(23)28-24/h1-5,7-9,11-13,15,20H,6,10,14,16-18H2,(H,27,31)/t20-/m1/s1. The number of fused-ring (bicyclic) bond motifs is 1. The van der Waals surface area contributed by atoms with Crippen LogP contribution in [0.2, 0.25) is 0 Å². The van der Waals surface area contributed by atoms with Crippen molar-refractivity contribution in [3.05, 3.63) is 92.9 Å². The Morgan fingerprint density at radius 3 is 2.70 bits per heavy atom. The molecule has 3 heterocycles. The summed E-state index contributed by atoms with van der Waals surface area (Å²) in [5.74, 6) is 0.313. The summed E-state index contributed by atoms with van der Waals surface area (Å²) in [4.78, 5) is 34.3. The zero-order valence-corrected chi connectivity index (χ0v) is 19.1. The quantitative estimate of drug-likeness (QED) is 0.474. The number of rotatable bonds is 6. The van der Waals surface area contributed by atoms with Crippen LogP contribution in [0.25, 0.3) is 11.0 Å². The molecular formula is C26H26N4O2S. The SMILES string of the molecule is O=C(NCc1cccs1)[C@@H]1CCCN(c2nc3ccccc3n(Cc3ccccc3)c2=O)C1. The van der Waals surface area contributed by atoms with E-state index in [0.717, 1.165) is 40.9 Å². The van der Waals surface area contributed by atoms with Crippen molar-refractivity contribution in [2.75, 3.05) is 18.0 Å². The molecular weight excluding hydrogens is 432 g/mol. The third kappa shape index (κ3) is 4.68. The second kappa shape index (κ2) is 9.58. The lowest BCUT2D eigenvalue weighted by atomic mass is 9.97. The summed E-state index contributed by atoms with van der Waals surface area (Å²) in [5.41, 5.74) is 2.55. The van der Waals surface area contributed by atoms with Gasteiger partial charge in [-0.15, -0.1) is 11.3 Å². The Morgan fingerprint density at radius 1 is 1.06 bits per heavy atom. The number of carbonyl (C=O) groups excluding carboxylic acids is 1. The van der Waals surface area contributed by atoms with E-state index in [1.165, 1.54) is 0 Å². The number of thiophene rings is 1. The van der Waals surface area contributed by atoms with Crippen LogP contribution in [-0.2, 0) is 17.9 Å². The third-order valence-electron chi connectivity index (χ3n) is 6.13. The number of nitrogens with one attached hydrogen (secondary N) is 1. The van der Waals surface area contributed by atoms with Gasteiger partial charge in [0.25, 0.3) is 5.56 Å². The maximum Gasteiger partial charge on any atom is 0.294 e. The number of hydrogen-bond donors (Lipinski definition) is 1. The van der Waals surface area contributed by atoms with Gasteiger partial charge in [0.1, 0.15) is 0 Å². The van der Waals surface area contributed by atoms with Crippen molar-refractivity contribution in [2.24, 2.45) is 5.92 Å². The first-order chi connectivity index (χ1) is 16.2. The zero-order chi connectivity index (χ0) is 22.6. The number of piperidine rings is 1. The first kappa shape index (κ1) is 21.4. The van der Waals surface area contributed by atoms with Crippen molar-refractivity contribution in [3.8, 4) is 0 Å². The van der Waals surface area contributed by atoms with Gasteiger partial charge < -0.3 is 10.2 Å². The Labute approximate surface area is 196 Å². The van der Waals surface area contributed by atoms with Crippen LogP contribution < -0.4 is 15.8 Å². The van der Waals surface area contributed by atoms with E-state index in [1.807, 2.05) is 77.0 Å². The van der Waals surface area contributed by atoms with Gasteiger partial charge in [0.05, 0.1) is 30.0 Å². The fourth-order valence-electron chi connectivity index (χ4n) is 4.42. The van der Waals surface area contributed by atoms with Crippen molar-refractivity contribution in [2.45, 2.75) is 25.9 Å². The first-order valence-corrected chi connectivity index (χ1v) is 12.2. The lowest BCUT2D eigenvalue weighted by molar-refractivity contribution is -0.125. The second-order valence-corrected chi connectivity index (χ2v) is 9.42. The van der Waals surface area contributed by atoms with Crippen molar-refractivity contribution < 1.29 is 4.79 Å². The van der Waals surface area contributed by atoms with E-state index in [4.69, 9.17) is 4.98 Å². The number of hydrogen-bond acceptors (Lipinski definition) is 5. The van der Waals surface area contributed by atoms with Crippen molar-refractivity contribution >= 4 is 34.1 Å². The summed E-state index contributed by atoms with van der Waals surface area (Å²) in [6, 6.07) is 21.7. The van der Waals surface area contributed by atoms with E-state index in [1.54, 1.807) is 15.9 Å². The lowest BCUT2D eigenvalue weighted by Crippen LogP contribution is -2.45. The molecule has 0 saturated carbocycles. The van der Waals surface area contributed by atoms with Crippen molar-refractivity contribution in [3.63, 3.8) is 0 Å². The maximum atomic E-state index is 13.6. The van der Waals surface area contributed by atoms with E-state index >= 15 is 0 Å². The molecule has 2 aromatic carbocycles. The van der Waals surface area contributed by atoms with E-state index in [9.17, 15) is 9.59 Å². The summed E-state index contributed by atoms with van der Waals surface area (Å²) >= 11 is 1.64. The van der Waals surface area contributed by atoms with Gasteiger partial charge in [0, 0.05) is 18.0 Å². The number of para-hydroxylation sites is 2. The average Bonchev–Trinajstić information content (AvgIpc) is 3.38. The molecule has 1 fully saturated rings. The summed E-state index contributed by atoms with van der Waals surface area (Å²) in [7, 11) is 0. The van der Waals surface area contributed by atoms with Gasteiger partial charge in [0.2, 0.25) is 5.91 Å². The van der Waals surface area contributed by atoms with E-state index in [0.29, 0.717) is 25.5 Å². The predicted octanol–water partition coefficient (Wildman–Crippen LogP) is 4.04. The molecule has 7 heteroatoms. The zero-order valence-electron chi connectivity index (χ0n) is 18.3. The number of aromatic nitrogens is 2. The van der Waals surface area contributed by atoms with Gasteiger partial charge in [-0.05, 0) is 42.0 Å². The molecule has 1 atom stereocenters. The normalized spacial score (nSPS) is 16.1. The monoisotopic (exact) mass is 458 g/mol. The average molecular weight is 459 g/mol. The Morgan fingerprint density at radius 2 is 1.88 bits per heavy atom. The van der Waals surface area contributed by atoms with Crippen LogP contribution in [0.4, 0.5) is 5.82 Å². The number of amides is 1.